The van der Waals surface area contributed by atoms with Gasteiger partial charge < -0.3 is 10.2 Å². The second kappa shape index (κ2) is 7.32. The molecule has 2 fully saturated rings. The van der Waals surface area contributed by atoms with Gasteiger partial charge in [0.05, 0.1) is 6.20 Å². The summed E-state index contributed by atoms with van der Waals surface area (Å²) in [4.78, 5) is 38.1. The second-order valence-electron chi connectivity index (χ2n) is 9.95. The number of fused-ring (bicyclic) bond motifs is 5. The van der Waals surface area contributed by atoms with Crippen LogP contribution in [0.15, 0.2) is 34.0 Å². The maximum atomic E-state index is 14.0. The largest absolute Gasteiger partial charge is 0.508 e. The van der Waals surface area contributed by atoms with Crippen LogP contribution in [0.5, 0.6) is 5.75 Å². The van der Waals surface area contributed by atoms with Crippen molar-refractivity contribution in [3.63, 3.8) is 0 Å². The number of phenols is 1. The minimum absolute atomic E-state index is 0.284. The van der Waals surface area contributed by atoms with Crippen molar-refractivity contribution in [2.24, 2.45) is 23.2 Å². The smallest absolute Gasteiger partial charge is 0.329 e. The molecule has 0 saturated heterocycles. The summed E-state index contributed by atoms with van der Waals surface area (Å²) in [5, 5.41) is 19.9. The normalized spacial score (nSPS) is 31.9. The molecule has 32 heavy (non-hydrogen) atoms. The van der Waals surface area contributed by atoms with Crippen molar-refractivity contribution >= 4 is 5.97 Å². The van der Waals surface area contributed by atoms with E-state index in [-0.39, 0.29) is 17.1 Å². The number of aliphatic carboxylic acids is 1. The van der Waals surface area contributed by atoms with Gasteiger partial charge >= 0.3 is 11.7 Å². The molecular weight excluding hydrogens is 415 g/mol. The van der Waals surface area contributed by atoms with Gasteiger partial charge in [-0.1, -0.05) is 13.0 Å². The number of hydrogen-bond acceptors (Lipinski definition) is 4. The van der Waals surface area contributed by atoms with Gasteiger partial charge in [0, 0.05) is 0 Å². The summed E-state index contributed by atoms with van der Waals surface area (Å²) in [5.74, 6) is -1.30. The Morgan fingerprint density at radius 3 is 2.78 bits per heavy atom. The molecule has 1 unspecified atom stereocenters. The van der Waals surface area contributed by atoms with Gasteiger partial charge in [0.1, 0.15) is 11.8 Å². The third kappa shape index (κ3) is 3.03. The summed E-state index contributed by atoms with van der Waals surface area (Å²) in [6.07, 6.45) is 5.83. The Labute approximate surface area is 183 Å². The number of carboxylic acids is 1. The van der Waals surface area contributed by atoms with Crippen molar-refractivity contribution in [3.05, 3.63) is 62.2 Å². The molecule has 2 saturated carbocycles. The number of aromatic nitrogens is 2. The Hall–Kier alpha value is -2.90. The number of nitrogens with zero attached hydrogens (tertiary/aromatic N) is 1. The average molecular weight is 442 g/mol. The molecule has 2 aromatic rings. The van der Waals surface area contributed by atoms with Gasteiger partial charge in [-0.15, -0.1) is 0 Å². The van der Waals surface area contributed by atoms with Gasteiger partial charge in [-0.2, -0.15) is 4.39 Å². The van der Waals surface area contributed by atoms with Crippen molar-refractivity contribution in [3.8, 4) is 5.75 Å². The number of hydrogen-bond donors (Lipinski definition) is 3. The monoisotopic (exact) mass is 442 g/mol. The predicted octanol–water partition coefficient (Wildman–Crippen LogP) is 3.18. The molecule has 1 aromatic carbocycles. The fourth-order valence-corrected chi connectivity index (χ4v) is 7.28. The molecule has 3 N–H and O–H groups in total. The Morgan fingerprint density at radius 2 is 2.03 bits per heavy atom. The van der Waals surface area contributed by atoms with Gasteiger partial charge in [0.2, 0.25) is 5.82 Å². The number of H-pyrrole nitrogens is 1. The van der Waals surface area contributed by atoms with Crippen LogP contribution in [0, 0.1) is 29.0 Å². The fourth-order valence-electron chi connectivity index (χ4n) is 7.28. The first kappa shape index (κ1) is 21.0. The topological polar surface area (TPSA) is 112 Å². The molecule has 170 valence electrons. The fraction of sp³-hybridized carbons (Fsp3) is 0.542. The van der Waals surface area contributed by atoms with Gasteiger partial charge in [-0.25, -0.2) is 9.59 Å². The van der Waals surface area contributed by atoms with Crippen molar-refractivity contribution in [1.29, 1.82) is 0 Å². The third-order valence-electron chi connectivity index (χ3n) is 8.64. The summed E-state index contributed by atoms with van der Waals surface area (Å²) in [6.45, 7) is 2.13. The maximum Gasteiger partial charge on any atom is 0.329 e. The number of rotatable bonds is 3. The average Bonchev–Trinajstić information content (AvgIpc) is 3.08. The van der Waals surface area contributed by atoms with E-state index in [0.29, 0.717) is 24.2 Å². The van der Waals surface area contributed by atoms with Crippen molar-refractivity contribution in [1.82, 2.24) is 9.55 Å². The molecule has 1 heterocycles. The zero-order valence-electron chi connectivity index (χ0n) is 17.9. The van der Waals surface area contributed by atoms with Crippen LogP contribution >= 0.6 is 0 Å². The molecule has 6 atom stereocenters. The van der Waals surface area contributed by atoms with Gasteiger partial charge in [0.25, 0.3) is 5.56 Å². The molecule has 1 aromatic heterocycles. The van der Waals surface area contributed by atoms with Crippen LogP contribution in [0.1, 0.15) is 62.1 Å². The lowest BCUT2D eigenvalue weighted by atomic mass is 9.53. The van der Waals surface area contributed by atoms with Crippen LogP contribution in [-0.2, 0) is 11.2 Å². The van der Waals surface area contributed by atoms with Crippen molar-refractivity contribution in [2.75, 3.05) is 0 Å². The second-order valence-corrected chi connectivity index (χ2v) is 9.95. The lowest BCUT2D eigenvalue weighted by molar-refractivity contribution is -0.145. The number of aromatic hydroxyl groups is 1. The van der Waals surface area contributed by atoms with E-state index in [9.17, 15) is 29.0 Å². The molecule has 5 rings (SSSR count). The van der Waals surface area contributed by atoms with Crippen molar-refractivity contribution in [2.45, 2.75) is 57.4 Å². The van der Waals surface area contributed by atoms with E-state index < -0.39 is 29.1 Å². The zero-order valence-corrected chi connectivity index (χ0v) is 17.9. The summed E-state index contributed by atoms with van der Waals surface area (Å²) >= 11 is 0. The highest BCUT2D eigenvalue weighted by molar-refractivity contribution is 5.72. The summed E-state index contributed by atoms with van der Waals surface area (Å²) in [5.41, 5.74) is 0.153. The molecule has 3 aliphatic rings. The zero-order chi connectivity index (χ0) is 22.8. The summed E-state index contributed by atoms with van der Waals surface area (Å²) in [7, 11) is 0. The Kier molecular flexibility index (Phi) is 4.80. The quantitative estimate of drug-likeness (QED) is 0.676. The first-order chi connectivity index (χ1) is 15.2. The summed E-state index contributed by atoms with van der Waals surface area (Å²) < 4.78 is 14.8. The number of carbonyl (C=O) groups is 1. The van der Waals surface area contributed by atoms with Crippen LogP contribution in [-0.4, -0.2) is 25.7 Å². The highest BCUT2D eigenvalue weighted by Crippen LogP contribution is 2.64. The number of benzene rings is 1. The van der Waals surface area contributed by atoms with Gasteiger partial charge in [-0.3, -0.25) is 14.3 Å². The number of halogens is 1. The van der Waals surface area contributed by atoms with E-state index in [0.717, 1.165) is 42.9 Å². The van der Waals surface area contributed by atoms with Crippen LogP contribution in [0.3, 0.4) is 0 Å². The van der Waals surface area contributed by atoms with E-state index in [1.807, 2.05) is 17.1 Å². The molecule has 7 nitrogen and oxygen atoms in total. The number of nitrogens with one attached hydrogen (secondary N) is 1. The maximum absolute atomic E-state index is 14.0. The van der Waals surface area contributed by atoms with E-state index in [4.69, 9.17) is 0 Å². The minimum atomic E-state index is -1.23. The summed E-state index contributed by atoms with van der Waals surface area (Å²) in [6, 6.07) is 4.39. The lowest BCUT2D eigenvalue weighted by Gasteiger charge is -2.51. The van der Waals surface area contributed by atoms with E-state index in [2.05, 4.69) is 6.92 Å². The highest BCUT2D eigenvalue weighted by Gasteiger charge is 2.58. The Balaban J connectivity index is 1.51. The number of aryl methyl sites for hydroxylation is 1. The molecule has 3 aliphatic carbocycles. The molecular formula is C24H27FN2O5. The molecule has 8 heteroatoms. The van der Waals surface area contributed by atoms with Gasteiger partial charge in [0.15, 0.2) is 0 Å². The molecule has 0 amide bonds. The van der Waals surface area contributed by atoms with Crippen LogP contribution < -0.4 is 11.2 Å². The Morgan fingerprint density at radius 1 is 1.25 bits per heavy atom. The standard InChI is InChI=1S/C24H27FN2O5/c1-24-9-8-15-14-5-3-13(28)10-12(14)2-4-16(15)17(24)6-7-18(24)20(22(30)31)27-11-19(25)21(29)26-23(27)32/h3,5,10-11,15-18,20,28H,2,4,6-9H2,1H3,(H,30,31)(H,26,29,32)/t15-,16-,17+,18-,20?,24+/m1/s1. The first-order valence-electron chi connectivity index (χ1n) is 11.3. The van der Waals surface area contributed by atoms with Crippen LogP contribution in [0.2, 0.25) is 0 Å². The Bertz CT molecular complexity index is 1200. The highest BCUT2D eigenvalue weighted by atomic mass is 19.1. The molecule has 0 radical (unpaired) electrons. The lowest BCUT2D eigenvalue weighted by Crippen LogP contribution is -2.47. The van der Waals surface area contributed by atoms with Crippen LogP contribution in [0.4, 0.5) is 4.39 Å². The van der Waals surface area contributed by atoms with E-state index in [1.54, 1.807) is 6.07 Å². The molecule has 0 aliphatic heterocycles. The SMILES string of the molecule is C[C@]12CC[C@@H]3c4ccc(O)cc4CC[C@H]3[C@@H]1CC[C@@H]2C(C(=O)O)n1cc(F)c(=O)[nH]c1=O. The minimum Gasteiger partial charge on any atom is -0.508 e. The number of carboxylic acid groups (broad SMARTS) is 1. The van der Waals surface area contributed by atoms with E-state index in [1.165, 1.54) is 11.1 Å². The van der Waals surface area contributed by atoms with Gasteiger partial charge in [-0.05, 0) is 90.9 Å². The van der Waals surface area contributed by atoms with E-state index >= 15 is 0 Å². The first-order valence-corrected chi connectivity index (χ1v) is 11.3. The van der Waals surface area contributed by atoms with Crippen LogP contribution in [0.25, 0.3) is 0 Å². The number of phenolic OH excluding ortho intramolecular Hbond substituents is 1. The third-order valence-corrected chi connectivity index (χ3v) is 8.64. The molecule has 0 spiro atoms. The number of aromatic amines is 1. The predicted molar refractivity (Wildman–Crippen MR) is 114 cm³/mol. The molecule has 0 bridgehead atoms. The van der Waals surface area contributed by atoms with Crippen molar-refractivity contribution < 1.29 is 19.4 Å².